The van der Waals surface area contributed by atoms with E-state index in [9.17, 15) is 22.8 Å². The van der Waals surface area contributed by atoms with Crippen molar-refractivity contribution < 1.29 is 27.5 Å². The van der Waals surface area contributed by atoms with E-state index >= 15 is 0 Å². The molecule has 3 N–H and O–H groups in total. The van der Waals surface area contributed by atoms with E-state index in [0.29, 0.717) is 17.8 Å². The molecule has 1 heterocycles. The Morgan fingerprint density at radius 1 is 0.971 bits per heavy atom. The molecule has 3 aromatic rings. The Hall–Kier alpha value is -3.60. The number of thiazole rings is 1. The van der Waals surface area contributed by atoms with Crippen LogP contribution in [-0.4, -0.2) is 29.0 Å². The van der Waals surface area contributed by atoms with Crippen LogP contribution < -0.4 is 20.7 Å². The summed E-state index contributed by atoms with van der Waals surface area (Å²) in [5.74, 6) is -2.83. The van der Waals surface area contributed by atoms with Gasteiger partial charge in [0.2, 0.25) is 0 Å². The Kier molecular flexibility index (Phi) is 7.86. The van der Waals surface area contributed by atoms with E-state index in [1.807, 2.05) is 0 Å². The quantitative estimate of drug-likeness (QED) is 0.422. The largest absolute Gasteiger partial charge is 0.483 e. The molecule has 184 valence electrons. The van der Waals surface area contributed by atoms with Gasteiger partial charge in [0.05, 0.1) is 6.04 Å². The van der Waals surface area contributed by atoms with Crippen LogP contribution >= 0.6 is 11.3 Å². The topological polar surface area (TPSA) is 92.4 Å². The van der Waals surface area contributed by atoms with Crippen molar-refractivity contribution >= 4 is 29.0 Å². The first-order chi connectivity index (χ1) is 16.9. The van der Waals surface area contributed by atoms with Crippen LogP contribution in [0.25, 0.3) is 0 Å². The first-order valence-electron chi connectivity index (χ1n) is 11.0. The van der Waals surface area contributed by atoms with Gasteiger partial charge in [0, 0.05) is 23.2 Å². The lowest BCUT2D eigenvalue weighted by Crippen LogP contribution is -2.54. The second-order valence-corrected chi connectivity index (χ2v) is 8.99. The van der Waals surface area contributed by atoms with Crippen LogP contribution in [0.3, 0.4) is 0 Å². The number of hydrogen-bond donors (Lipinski definition) is 3. The highest BCUT2D eigenvalue weighted by Gasteiger charge is 2.29. The van der Waals surface area contributed by atoms with E-state index < -0.39 is 29.4 Å². The van der Waals surface area contributed by atoms with Gasteiger partial charge in [-0.05, 0) is 37.1 Å². The molecule has 35 heavy (non-hydrogen) atoms. The van der Waals surface area contributed by atoms with Crippen molar-refractivity contribution in [3.63, 3.8) is 0 Å². The number of anilines is 1. The van der Waals surface area contributed by atoms with Crippen LogP contribution in [0, 0.1) is 17.5 Å². The number of carbonyl (C=O) groups is 2. The molecule has 2 aromatic carbocycles. The highest BCUT2D eigenvalue weighted by molar-refractivity contribution is 7.09. The zero-order chi connectivity index (χ0) is 24.8. The summed E-state index contributed by atoms with van der Waals surface area (Å²) in [4.78, 5) is 29.4. The number of carbonyl (C=O) groups excluding carboxylic acids is 2. The van der Waals surface area contributed by atoms with Gasteiger partial charge in [-0.15, -0.1) is 11.3 Å². The molecule has 3 amide bonds. The number of urea groups is 1. The van der Waals surface area contributed by atoms with Crippen molar-refractivity contribution in [2.24, 2.45) is 0 Å². The molecule has 0 radical (unpaired) electrons. The van der Waals surface area contributed by atoms with Crippen molar-refractivity contribution in [2.75, 3.05) is 5.32 Å². The maximum atomic E-state index is 13.7. The molecule has 1 aliphatic carbocycles. The first-order valence-corrected chi connectivity index (χ1v) is 11.9. The maximum Gasteiger partial charge on any atom is 0.319 e. The summed E-state index contributed by atoms with van der Waals surface area (Å²) < 4.78 is 45.6. The lowest BCUT2D eigenvalue weighted by Gasteiger charge is -2.32. The molecule has 0 bridgehead atoms. The number of nitrogens with zero attached hydrogens (tertiary/aromatic N) is 1. The standard InChI is InChI=1S/C24H23F3N4O3S/c25-15-10-9-14(11-17(15)27)28-24(33)31-19-7-3-2-6-18(19)30-23(32)20-13-35-22(29-20)12-34-21-8-4-1-5-16(21)26/h1,4-5,8-11,13,18-19H,2-3,6-7,12H2,(H,30,32)(H2,28,31,33)/t18-,19-/m1/s1. The van der Waals surface area contributed by atoms with Crippen LogP contribution in [0.4, 0.5) is 23.7 Å². The molecule has 11 heteroatoms. The Bertz CT molecular complexity index is 1210. The van der Waals surface area contributed by atoms with E-state index in [0.717, 1.165) is 25.0 Å². The normalized spacial score (nSPS) is 17.5. The van der Waals surface area contributed by atoms with Crippen molar-refractivity contribution in [3.8, 4) is 5.75 Å². The molecule has 0 aliphatic heterocycles. The molecule has 4 rings (SSSR count). The minimum Gasteiger partial charge on any atom is -0.483 e. The number of para-hydroxylation sites is 1. The minimum atomic E-state index is -1.06. The van der Waals surface area contributed by atoms with Gasteiger partial charge in [0.1, 0.15) is 17.3 Å². The van der Waals surface area contributed by atoms with Crippen molar-refractivity contribution in [1.29, 1.82) is 0 Å². The molecular formula is C24H23F3N4O3S. The number of rotatable bonds is 7. The SMILES string of the molecule is O=C(Nc1ccc(F)c(F)c1)N[C@@H]1CCCC[C@H]1NC(=O)c1csc(COc2ccccc2F)n1. The molecule has 1 aromatic heterocycles. The fourth-order valence-corrected chi connectivity index (χ4v) is 4.50. The van der Waals surface area contributed by atoms with E-state index in [1.54, 1.807) is 17.5 Å². The number of halogens is 3. The zero-order valence-electron chi connectivity index (χ0n) is 18.5. The summed E-state index contributed by atoms with van der Waals surface area (Å²) in [6.45, 7) is 0.0244. The predicted molar refractivity (Wildman–Crippen MR) is 125 cm³/mol. The van der Waals surface area contributed by atoms with E-state index in [-0.39, 0.29) is 35.8 Å². The Morgan fingerprint density at radius 2 is 1.71 bits per heavy atom. The van der Waals surface area contributed by atoms with Gasteiger partial charge in [-0.3, -0.25) is 4.79 Å². The fraction of sp³-hybridized carbons (Fsp3) is 0.292. The van der Waals surface area contributed by atoms with E-state index in [4.69, 9.17) is 4.74 Å². The summed E-state index contributed by atoms with van der Waals surface area (Å²) >= 11 is 1.22. The van der Waals surface area contributed by atoms with Crippen LogP contribution in [-0.2, 0) is 6.61 Å². The second-order valence-electron chi connectivity index (χ2n) is 8.04. The molecule has 0 spiro atoms. The molecule has 1 fully saturated rings. The lowest BCUT2D eigenvalue weighted by molar-refractivity contribution is 0.0911. The Balaban J connectivity index is 1.32. The fourth-order valence-electron chi connectivity index (χ4n) is 3.81. The van der Waals surface area contributed by atoms with Gasteiger partial charge in [-0.1, -0.05) is 25.0 Å². The van der Waals surface area contributed by atoms with Gasteiger partial charge in [-0.2, -0.15) is 0 Å². The van der Waals surface area contributed by atoms with Gasteiger partial charge < -0.3 is 20.7 Å². The monoisotopic (exact) mass is 504 g/mol. The smallest absolute Gasteiger partial charge is 0.319 e. The van der Waals surface area contributed by atoms with Crippen molar-refractivity contribution in [2.45, 2.75) is 44.4 Å². The highest BCUT2D eigenvalue weighted by Crippen LogP contribution is 2.21. The van der Waals surface area contributed by atoms with E-state index in [2.05, 4.69) is 20.9 Å². The summed E-state index contributed by atoms with van der Waals surface area (Å²) in [7, 11) is 0. The maximum absolute atomic E-state index is 13.7. The molecule has 0 saturated heterocycles. The molecule has 7 nitrogen and oxygen atoms in total. The van der Waals surface area contributed by atoms with Gasteiger partial charge in [-0.25, -0.2) is 22.9 Å². The number of benzene rings is 2. The van der Waals surface area contributed by atoms with Gasteiger partial charge in [0.15, 0.2) is 23.2 Å². The molecule has 2 atom stereocenters. The van der Waals surface area contributed by atoms with Gasteiger partial charge in [0.25, 0.3) is 5.91 Å². The van der Waals surface area contributed by atoms with Crippen LogP contribution in [0.15, 0.2) is 47.8 Å². The predicted octanol–water partition coefficient (Wildman–Crippen LogP) is 5.00. The molecule has 0 unspecified atom stereocenters. The average molecular weight is 505 g/mol. The Morgan fingerprint density at radius 3 is 2.46 bits per heavy atom. The van der Waals surface area contributed by atoms with Crippen LogP contribution in [0.2, 0.25) is 0 Å². The number of amides is 3. The van der Waals surface area contributed by atoms with Crippen molar-refractivity contribution in [1.82, 2.24) is 15.6 Å². The summed E-state index contributed by atoms with van der Waals surface area (Å²) in [6.07, 6.45) is 3.06. The number of hydrogen-bond acceptors (Lipinski definition) is 5. The second kappa shape index (κ2) is 11.2. The molecule has 1 aliphatic rings. The highest BCUT2D eigenvalue weighted by atomic mass is 32.1. The average Bonchev–Trinajstić information content (AvgIpc) is 3.31. The number of ether oxygens (including phenoxy) is 1. The Labute approximate surface area is 203 Å². The van der Waals surface area contributed by atoms with Crippen LogP contribution in [0.5, 0.6) is 5.75 Å². The number of nitrogens with one attached hydrogen (secondary N) is 3. The summed E-state index contributed by atoms with van der Waals surface area (Å²) in [6, 6.07) is 7.85. The third kappa shape index (κ3) is 6.50. The zero-order valence-corrected chi connectivity index (χ0v) is 19.3. The first kappa shape index (κ1) is 24.5. The van der Waals surface area contributed by atoms with E-state index in [1.165, 1.54) is 29.5 Å². The summed E-state index contributed by atoms with van der Waals surface area (Å²) in [5.41, 5.74) is 0.322. The number of aromatic nitrogens is 1. The van der Waals surface area contributed by atoms with Crippen LogP contribution in [0.1, 0.15) is 41.2 Å². The third-order valence-electron chi connectivity index (χ3n) is 5.55. The molecule has 1 saturated carbocycles. The third-order valence-corrected chi connectivity index (χ3v) is 6.37. The van der Waals surface area contributed by atoms with Crippen molar-refractivity contribution in [3.05, 3.63) is 76.0 Å². The minimum absolute atomic E-state index is 0.0244. The van der Waals surface area contributed by atoms with Gasteiger partial charge >= 0.3 is 6.03 Å². The molecular weight excluding hydrogens is 481 g/mol. The summed E-state index contributed by atoms with van der Waals surface area (Å²) in [5, 5.41) is 10.3. The lowest BCUT2D eigenvalue weighted by atomic mass is 9.90.